The van der Waals surface area contributed by atoms with Crippen molar-refractivity contribution >= 4 is 21.8 Å². The Kier molecular flexibility index (Phi) is 7.02. The molecule has 0 saturated carbocycles. The lowest BCUT2D eigenvalue weighted by atomic mass is 10.0. The van der Waals surface area contributed by atoms with Gasteiger partial charge in [0, 0.05) is 61.5 Å². The molecule has 0 N–H and O–H groups in total. The number of methoxy groups -OCH3 is 4. The number of benzene rings is 3. The molecule has 36 heavy (non-hydrogen) atoms. The Labute approximate surface area is 210 Å². The van der Waals surface area contributed by atoms with Gasteiger partial charge in [0.2, 0.25) is 0 Å². The van der Waals surface area contributed by atoms with Crippen LogP contribution >= 0.6 is 0 Å². The molecule has 0 fully saturated rings. The Balaban J connectivity index is 1.54. The van der Waals surface area contributed by atoms with Crippen LogP contribution in [-0.4, -0.2) is 38.4 Å². The van der Waals surface area contributed by atoms with Crippen molar-refractivity contribution in [1.29, 1.82) is 0 Å². The maximum Gasteiger partial charge on any atom is 0.183 e. The van der Waals surface area contributed by atoms with E-state index in [0.29, 0.717) is 0 Å². The number of aromatic nitrogens is 2. The molecule has 6 heteroatoms. The molecule has 2 heterocycles. The number of nitrogens with zero attached hydrogens (tertiary/aromatic N) is 2. The van der Waals surface area contributed by atoms with Gasteiger partial charge in [-0.25, -0.2) is 9.97 Å². The van der Waals surface area contributed by atoms with E-state index in [9.17, 15) is 0 Å². The molecule has 182 valence electrons. The third kappa shape index (κ3) is 4.59. The Hall–Kier alpha value is -3.68. The highest BCUT2D eigenvalue weighted by molar-refractivity contribution is 6.04. The molecule has 0 spiro atoms. The van der Waals surface area contributed by atoms with E-state index in [1.807, 2.05) is 60.7 Å². The zero-order valence-corrected chi connectivity index (χ0v) is 20.8. The quantitative estimate of drug-likeness (QED) is 0.182. The zero-order valence-electron chi connectivity index (χ0n) is 20.8. The van der Waals surface area contributed by atoms with Gasteiger partial charge < -0.3 is 18.9 Å². The van der Waals surface area contributed by atoms with Crippen molar-refractivity contribution in [2.45, 2.75) is 12.6 Å². The molecule has 0 atom stereocenters. The van der Waals surface area contributed by atoms with Crippen LogP contribution in [0.3, 0.4) is 0 Å². The summed E-state index contributed by atoms with van der Waals surface area (Å²) in [6.07, 6.45) is -0.779. The lowest BCUT2D eigenvalue weighted by molar-refractivity contribution is -0.106. The SMILES string of the molecule is COC(OC)c1ccc(-c2ccc3ccc4ccc(-c5ccc(C(OC)OC)cc5)nc4c3n2)cc1. The molecule has 2 aromatic heterocycles. The van der Waals surface area contributed by atoms with Crippen molar-refractivity contribution in [2.24, 2.45) is 0 Å². The zero-order chi connectivity index (χ0) is 25.1. The van der Waals surface area contributed by atoms with Crippen molar-refractivity contribution in [3.8, 4) is 22.5 Å². The van der Waals surface area contributed by atoms with Gasteiger partial charge in [-0.1, -0.05) is 72.8 Å². The van der Waals surface area contributed by atoms with Crippen LogP contribution in [0.15, 0.2) is 84.9 Å². The summed E-state index contributed by atoms with van der Waals surface area (Å²) in [7, 11) is 6.51. The van der Waals surface area contributed by atoms with E-state index >= 15 is 0 Å². The minimum absolute atomic E-state index is 0.390. The topological polar surface area (TPSA) is 62.7 Å². The van der Waals surface area contributed by atoms with Gasteiger partial charge in [0.25, 0.3) is 0 Å². The number of hydrogen-bond acceptors (Lipinski definition) is 6. The summed E-state index contributed by atoms with van der Waals surface area (Å²) in [5.41, 5.74) is 7.45. The van der Waals surface area contributed by atoms with Crippen molar-refractivity contribution < 1.29 is 18.9 Å². The van der Waals surface area contributed by atoms with E-state index in [1.165, 1.54) is 0 Å². The molecule has 6 nitrogen and oxygen atoms in total. The van der Waals surface area contributed by atoms with Crippen LogP contribution in [0, 0.1) is 0 Å². The molecule has 0 amide bonds. The minimum Gasteiger partial charge on any atom is -0.352 e. The first-order valence-corrected chi connectivity index (χ1v) is 11.7. The van der Waals surface area contributed by atoms with Crippen molar-refractivity contribution in [3.05, 3.63) is 96.1 Å². The van der Waals surface area contributed by atoms with Gasteiger partial charge in [-0.2, -0.15) is 0 Å². The van der Waals surface area contributed by atoms with E-state index in [4.69, 9.17) is 28.9 Å². The fourth-order valence-corrected chi connectivity index (χ4v) is 4.45. The minimum atomic E-state index is -0.390. The van der Waals surface area contributed by atoms with Gasteiger partial charge in [-0.15, -0.1) is 0 Å². The Morgan fingerprint density at radius 2 is 0.778 bits per heavy atom. The van der Waals surface area contributed by atoms with Gasteiger partial charge in [-0.05, 0) is 12.1 Å². The molecule has 0 aliphatic rings. The molecule has 0 radical (unpaired) electrons. The number of ether oxygens (including phenoxy) is 4. The highest BCUT2D eigenvalue weighted by Crippen LogP contribution is 2.30. The summed E-state index contributed by atoms with van der Waals surface area (Å²) in [4.78, 5) is 10.0. The van der Waals surface area contributed by atoms with Crippen molar-refractivity contribution in [2.75, 3.05) is 28.4 Å². The van der Waals surface area contributed by atoms with Crippen LogP contribution in [-0.2, 0) is 18.9 Å². The third-order valence-corrected chi connectivity index (χ3v) is 6.33. The molecule has 5 rings (SSSR count). The number of fused-ring (bicyclic) bond motifs is 3. The summed E-state index contributed by atoms with van der Waals surface area (Å²) >= 11 is 0. The Morgan fingerprint density at radius 1 is 0.444 bits per heavy atom. The normalized spacial score (nSPS) is 11.7. The first-order valence-electron chi connectivity index (χ1n) is 11.7. The lowest BCUT2D eigenvalue weighted by Crippen LogP contribution is -2.03. The highest BCUT2D eigenvalue weighted by Gasteiger charge is 2.12. The van der Waals surface area contributed by atoms with Gasteiger partial charge in [0.1, 0.15) is 0 Å². The summed E-state index contributed by atoms with van der Waals surface area (Å²) < 4.78 is 21.4. The second-order valence-corrected chi connectivity index (χ2v) is 8.45. The molecule has 0 aliphatic heterocycles. The van der Waals surface area contributed by atoms with Crippen LogP contribution in [0.25, 0.3) is 44.3 Å². The highest BCUT2D eigenvalue weighted by atomic mass is 16.7. The summed E-state index contributed by atoms with van der Waals surface area (Å²) in [5.74, 6) is 0. The van der Waals surface area contributed by atoms with Crippen LogP contribution in [0.1, 0.15) is 23.7 Å². The van der Waals surface area contributed by atoms with E-state index in [2.05, 4.69) is 24.3 Å². The number of rotatable bonds is 8. The number of pyridine rings is 2. The standard InChI is InChI=1S/C30H28N2O4/c1-33-29(34-2)23-11-5-19(6-12-23)25-17-15-21-9-10-22-16-18-26(32-28(22)27(21)31-25)20-7-13-24(14-8-20)30(35-3)36-4/h5-18,29-30H,1-4H3. The molecular weight excluding hydrogens is 452 g/mol. The van der Waals surface area contributed by atoms with Crippen molar-refractivity contribution in [3.63, 3.8) is 0 Å². The maximum absolute atomic E-state index is 5.36. The monoisotopic (exact) mass is 480 g/mol. The average molecular weight is 481 g/mol. The molecule has 3 aromatic carbocycles. The third-order valence-electron chi connectivity index (χ3n) is 6.33. The predicted molar refractivity (Wildman–Crippen MR) is 141 cm³/mol. The van der Waals surface area contributed by atoms with Gasteiger partial charge >= 0.3 is 0 Å². The fourth-order valence-electron chi connectivity index (χ4n) is 4.45. The van der Waals surface area contributed by atoms with E-state index in [1.54, 1.807) is 28.4 Å². The molecule has 0 unspecified atom stereocenters. The molecule has 0 aliphatic carbocycles. The van der Waals surface area contributed by atoms with Gasteiger partial charge in [0.15, 0.2) is 12.6 Å². The van der Waals surface area contributed by atoms with Gasteiger partial charge in [-0.3, -0.25) is 0 Å². The second kappa shape index (κ2) is 10.5. The predicted octanol–water partition coefficient (Wildman–Crippen LogP) is 6.70. The largest absolute Gasteiger partial charge is 0.352 e. The van der Waals surface area contributed by atoms with Gasteiger partial charge in [0.05, 0.1) is 22.4 Å². The smallest absolute Gasteiger partial charge is 0.183 e. The fraction of sp³-hybridized carbons (Fsp3) is 0.200. The first kappa shape index (κ1) is 24.0. The van der Waals surface area contributed by atoms with E-state index in [-0.39, 0.29) is 12.6 Å². The first-order chi connectivity index (χ1) is 17.6. The average Bonchev–Trinajstić information content (AvgIpc) is 2.94. The summed E-state index contributed by atoms with van der Waals surface area (Å²) in [6, 6.07) is 28.6. The second-order valence-electron chi connectivity index (χ2n) is 8.45. The van der Waals surface area contributed by atoms with E-state index in [0.717, 1.165) is 55.4 Å². The van der Waals surface area contributed by atoms with Crippen LogP contribution < -0.4 is 0 Å². The van der Waals surface area contributed by atoms with Crippen LogP contribution in [0.2, 0.25) is 0 Å². The molecule has 0 saturated heterocycles. The molecule has 5 aromatic rings. The summed E-state index contributed by atoms with van der Waals surface area (Å²) in [5, 5.41) is 2.09. The molecule has 0 bridgehead atoms. The van der Waals surface area contributed by atoms with E-state index < -0.39 is 0 Å². The summed E-state index contributed by atoms with van der Waals surface area (Å²) in [6.45, 7) is 0. The lowest BCUT2D eigenvalue weighted by Gasteiger charge is -2.14. The molecular formula is C30H28N2O4. The van der Waals surface area contributed by atoms with Crippen molar-refractivity contribution in [1.82, 2.24) is 9.97 Å². The number of hydrogen-bond donors (Lipinski definition) is 0. The Bertz CT molecular complexity index is 1360. The van der Waals surface area contributed by atoms with Crippen LogP contribution in [0.4, 0.5) is 0 Å². The maximum atomic E-state index is 5.36. The Morgan fingerprint density at radius 3 is 1.11 bits per heavy atom. The van der Waals surface area contributed by atoms with Crippen LogP contribution in [0.5, 0.6) is 0 Å².